The molecule has 3 aromatic rings. The fourth-order valence-electron chi connectivity index (χ4n) is 2.81. The van der Waals surface area contributed by atoms with Crippen LogP contribution in [0, 0.1) is 0 Å². The SMILES string of the molecule is CCCN(CCC)c1cnc2c(ccc3cccnc32)c1. The molecule has 3 rings (SSSR count). The molecule has 2 heterocycles. The van der Waals surface area contributed by atoms with E-state index in [2.05, 4.69) is 48.0 Å². The summed E-state index contributed by atoms with van der Waals surface area (Å²) in [5.74, 6) is 0. The zero-order valence-electron chi connectivity index (χ0n) is 12.7. The van der Waals surface area contributed by atoms with Crippen molar-refractivity contribution in [2.75, 3.05) is 18.0 Å². The summed E-state index contributed by atoms with van der Waals surface area (Å²) in [5, 5.41) is 2.31. The van der Waals surface area contributed by atoms with Crippen molar-refractivity contribution in [1.29, 1.82) is 0 Å². The molecule has 0 aliphatic heterocycles. The van der Waals surface area contributed by atoms with E-state index < -0.39 is 0 Å². The van der Waals surface area contributed by atoms with E-state index >= 15 is 0 Å². The van der Waals surface area contributed by atoms with Gasteiger partial charge in [-0.25, -0.2) is 0 Å². The van der Waals surface area contributed by atoms with Crippen molar-refractivity contribution in [2.24, 2.45) is 0 Å². The van der Waals surface area contributed by atoms with Crippen molar-refractivity contribution in [3.05, 3.63) is 42.7 Å². The second-order valence-electron chi connectivity index (χ2n) is 5.39. The van der Waals surface area contributed by atoms with Crippen LogP contribution >= 0.6 is 0 Å². The van der Waals surface area contributed by atoms with Gasteiger partial charge >= 0.3 is 0 Å². The number of rotatable bonds is 5. The molecule has 21 heavy (non-hydrogen) atoms. The van der Waals surface area contributed by atoms with Gasteiger partial charge in [-0.1, -0.05) is 32.0 Å². The zero-order valence-corrected chi connectivity index (χ0v) is 12.7. The molecule has 0 unspecified atom stereocenters. The molecule has 0 bridgehead atoms. The average molecular weight is 279 g/mol. The Labute approximate surface area is 125 Å². The summed E-state index contributed by atoms with van der Waals surface area (Å²) in [7, 11) is 0. The summed E-state index contributed by atoms with van der Waals surface area (Å²) in [6.07, 6.45) is 6.12. The van der Waals surface area contributed by atoms with E-state index in [1.54, 1.807) is 0 Å². The number of aromatic nitrogens is 2. The predicted octanol–water partition coefficient (Wildman–Crippen LogP) is 4.41. The highest BCUT2D eigenvalue weighted by atomic mass is 15.1. The van der Waals surface area contributed by atoms with Crippen LogP contribution in [-0.2, 0) is 0 Å². The lowest BCUT2D eigenvalue weighted by Crippen LogP contribution is -2.24. The topological polar surface area (TPSA) is 29.0 Å². The molecule has 0 aliphatic carbocycles. The van der Waals surface area contributed by atoms with Gasteiger partial charge in [-0.05, 0) is 25.0 Å². The fraction of sp³-hybridized carbons (Fsp3) is 0.333. The van der Waals surface area contributed by atoms with Crippen LogP contribution in [0.25, 0.3) is 21.8 Å². The fourth-order valence-corrected chi connectivity index (χ4v) is 2.81. The third-order valence-electron chi connectivity index (χ3n) is 3.76. The van der Waals surface area contributed by atoms with Crippen LogP contribution in [0.4, 0.5) is 5.69 Å². The van der Waals surface area contributed by atoms with Crippen LogP contribution in [0.3, 0.4) is 0 Å². The van der Waals surface area contributed by atoms with Crippen LogP contribution in [0.15, 0.2) is 42.7 Å². The first kappa shape index (κ1) is 13.8. The molecule has 2 aromatic heterocycles. The van der Waals surface area contributed by atoms with Gasteiger partial charge in [-0.15, -0.1) is 0 Å². The van der Waals surface area contributed by atoms with Gasteiger partial charge in [0.15, 0.2) is 0 Å². The third-order valence-corrected chi connectivity index (χ3v) is 3.76. The van der Waals surface area contributed by atoms with Gasteiger partial charge in [0.25, 0.3) is 0 Å². The first-order chi connectivity index (χ1) is 10.3. The maximum absolute atomic E-state index is 4.69. The Balaban J connectivity index is 2.09. The van der Waals surface area contributed by atoms with Gasteiger partial charge in [0.1, 0.15) is 0 Å². The van der Waals surface area contributed by atoms with Crippen molar-refractivity contribution in [3.8, 4) is 0 Å². The number of hydrogen-bond donors (Lipinski definition) is 0. The van der Waals surface area contributed by atoms with Crippen LogP contribution in [0.5, 0.6) is 0 Å². The number of anilines is 1. The molecule has 0 N–H and O–H groups in total. The van der Waals surface area contributed by atoms with E-state index in [1.807, 2.05) is 18.5 Å². The normalized spacial score (nSPS) is 11.1. The van der Waals surface area contributed by atoms with E-state index in [4.69, 9.17) is 4.98 Å². The Hall–Kier alpha value is -2.16. The van der Waals surface area contributed by atoms with Crippen molar-refractivity contribution in [3.63, 3.8) is 0 Å². The molecule has 108 valence electrons. The first-order valence-corrected chi connectivity index (χ1v) is 7.72. The molecule has 3 heteroatoms. The molecule has 3 nitrogen and oxygen atoms in total. The molecule has 0 radical (unpaired) electrons. The van der Waals surface area contributed by atoms with E-state index in [1.165, 1.54) is 5.69 Å². The molecule has 0 saturated carbocycles. The molecule has 0 saturated heterocycles. The van der Waals surface area contributed by atoms with Gasteiger partial charge in [0.2, 0.25) is 0 Å². The molecular formula is C18H21N3. The summed E-state index contributed by atoms with van der Waals surface area (Å²) in [6.45, 7) is 6.59. The second kappa shape index (κ2) is 6.08. The summed E-state index contributed by atoms with van der Waals surface area (Å²) in [5.41, 5.74) is 3.19. The van der Waals surface area contributed by atoms with Crippen molar-refractivity contribution < 1.29 is 0 Å². The number of pyridine rings is 2. The largest absolute Gasteiger partial charge is 0.370 e. The van der Waals surface area contributed by atoms with Crippen molar-refractivity contribution in [2.45, 2.75) is 26.7 Å². The lowest BCUT2D eigenvalue weighted by atomic mass is 10.1. The van der Waals surface area contributed by atoms with Crippen LogP contribution in [-0.4, -0.2) is 23.1 Å². The minimum atomic E-state index is 0.985. The maximum Gasteiger partial charge on any atom is 0.0966 e. The summed E-state index contributed by atoms with van der Waals surface area (Å²) < 4.78 is 0. The third kappa shape index (κ3) is 2.68. The lowest BCUT2D eigenvalue weighted by Gasteiger charge is -2.23. The van der Waals surface area contributed by atoms with Gasteiger partial charge in [0.05, 0.1) is 22.9 Å². The molecule has 0 amide bonds. The molecule has 1 aromatic carbocycles. The van der Waals surface area contributed by atoms with Gasteiger partial charge in [0, 0.05) is 30.1 Å². The summed E-state index contributed by atoms with van der Waals surface area (Å²) >= 11 is 0. The second-order valence-corrected chi connectivity index (χ2v) is 5.39. The Morgan fingerprint density at radius 2 is 1.62 bits per heavy atom. The first-order valence-electron chi connectivity index (χ1n) is 7.72. The van der Waals surface area contributed by atoms with Gasteiger partial charge < -0.3 is 4.90 Å². The quantitative estimate of drug-likeness (QED) is 0.648. The van der Waals surface area contributed by atoms with Crippen LogP contribution < -0.4 is 4.90 Å². The Bertz CT molecular complexity index is 746. The Morgan fingerprint density at radius 3 is 2.38 bits per heavy atom. The van der Waals surface area contributed by atoms with Crippen LogP contribution in [0.1, 0.15) is 26.7 Å². The van der Waals surface area contributed by atoms with Crippen LogP contribution in [0.2, 0.25) is 0 Å². The average Bonchev–Trinajstić information content (AvgIpc) is 2.54. The number of hydrogen-bond acceptors (Lipinski definition) is 3. The monoisotopic (exact) mass is 279 g/mol. The van der Waals surface area contributed by atoms with E-state index in [0.717, 1.165) is 47.7 Å². The van der Waals surface area contributed by atoms with E-state index in [0.29, 0.717) is 0 Å². The summed E-state index contributed by atoms with van der Waals surface area (Å²) in [4.78, 5) is 11.6. The number of benzene rings is 1. The molecule has 0 fully saturated rings. The predicted molar refractivity (Wildman–Crippen MR) is 89.8 cm³/mol. The highest BCUT2D eigenvalue weighted by molar-refractivity contribution is 6.03. The lowest BCUT2D eigenvalue weighted by molar-refractivity contribution is 0.744. The Morgan fingerprint density at radius 1 is 0.905 bits per heavy atom. The maximum atomic E-state index is 4.69. The zero-order chi connectivity index (χ0) is 14.7. The van der Waals surface area contributed by atoms with Gasteiger partial charge in [-0.3, -0.25) is 9.97 Å². The van der Waals surface area contributed by atoms with Crippen molar-refractivity contribution in [1.82, 2.24) is 9.97 Å². The standard InChI is InChI=1S/C18H21N3/c1-3-10-21(11-4-2)16-12-15-8-7-14-6-5-9-19-17(14)18(15)20-13-16/h5-9,12-13H,3-4,10-11H2,1-2H3. The molecular weight excluding hydrogens is 258 g/mol. The highest BCUT2D eigenvalue weighted by Crippen LogP contribution is 2.25. The van der Waals surface area contributed by atoms with Crippen molar-refractivity contribution >= 4 is 27.5 Å². The minimum Gasteiger partial charge on any atom is -0.370 e. The minimum absolute atomic E-state index is 0.985. The van der Waals surface area contributed by atoms with E-state index in [9.17, 15) is 0 Å². The Kier molecular flexibility index (Phi) is 4.00. The van der Waals surface area contributed by atoms with E-state index in [-0.39, 0.29) is 0 Å². The number of fused-ring (bicyclic) bond motifs is 3. The molecule has 0 aliphatic rings. The molecule has 0 atom stereocenters. The summed E-state index contributed by atoms with van der Waals surface area (Å²) in [6, 6.07) is 10.6. The highest BCUT2D eigenvalue weighted by Gasteiger charge is 2.08. The van der Waals surface area contributed by atoms with Gasteiger partial charge in [-0.2, -0.15) is 0 Å². The number of nitrogens with zero attached hydrogens (tertiary/aromatic N) is 3. The molecule has 0 spiro atoms. The smallest absolute Gasteiger partial charge is 0.0966 e.